The molecule has 1 amide bonds. The maximum atomic E-state index is 13.6. The Morgan fingerprint density at radius 1 is 1.26 bits per heavy atom. The number of carbonyl (C=O) groups is 2. The molecule has 0 aliphatic carbocycles. The Bertz CT molecular complexity index is 718. The zero-order chi connectivity index (χ0) is 17.0. The number of hydrogen-bond donors (Lipinski definition) is 1. The van der Waals surface area contributed by atoms with Crippen LogP contribution in [0.25, 0.3) is 0 Å². The van der Waals surface area contributed by atoms with Crippen LogP contribution in [-0.2, 0) is 9.53 Å². The maximum Gasteiger partial charge on any atom is 0.343 e. The molecule has 1 heterocycles. The molecule has 2 aromatic rings. The van der Waals surface area contributed by atoms with Crippen LogP contribution in [0.5, 0.6) is 0 Å². The first-order valence-electron chi connectivity index (χ1n) is 6.46. The lowest BCUT2D eigenvalue weighted by atomic mass is 10.2. The van der Waals surface area contributed by atoms with Gasteiger partial charge in [-0.05, 0) is 31.2 Å². The number of amides is 1. The Labute approximate surface area is 141 Å². The molecule has 23 heavy (non-hydrogen) atoms. The van der Waals surface area contributed by atoms with Gasteiger partial charge in [-0.3, -0.25) is 4.79 Å². The molecular weight excluding hydrogens is 346 g/mol. The summed E-state index contributed by atoms with van der Waals surface area (Å²) in [5.74, 6) is -2.24. The van der Waals surface area contributed by atoms with Crippen LogP contribution in [0.4, 0.5) is 10.2 Å². The molecule has 2 rings (SSSR count). The molecule has 5 nitrogen and oxygen atoms in total. The van der Waals surface area contributed by atoms with E-state index in [1.807, 2.05) is 0 Å². The number of carbonyl (C=O) groups excluding carboxylic acids is 2. The highest BCUT2D eigenvalue weighted by Gasteiger charge is 2.23. The summed E-state index contributed by atoms with van der Waals surface area (Å²) in [4.78, 5) is 27.8. The van der Waals surface area contributed by atoms with E-state index < -0.39 is 29.4 Å². The number of benzene rings is 1. The summed E-state index contributed by atoms with van der Waals surface area (Å²) in [6, 6.07) is 6.81. The lowest BCUT2D eigenvalue weighted by Gasteiger charge is -2.14. The van der Waals surface area contributed by atoms with Crippen molar-refractivity contribution in [3.05, 3.63) is 58.0 Å². The largest absolute Gasteiger partial charge is 0.449 e. The van der Waals surface area contributed by atoms with Crippen molar-refractivity contribution in [3.8, 4) is 0 Å². The molecule has 0 saturated heterocycles. The van der Waals surface area contributed by atoms with Crippen LogP contribution in [0.2, 0.25) is 10.0 Å². The van der Waals surface area contributed by atoms with Crippen molar-refractivity contribution in [2.75, 3.05) is 5.32 Å². The minimum atomic E-state index is -1.17. The van der Waals surface area contributed by atoms with E-state index in [0.29, 0.717) is 5.02 Å². The molecule has 8 heteroatoms. The number of ether oxygens (including phenoxy) is 1. The van der Waals surface area contributed by atoms with Crippen molar-refractivity contribution < 1.29 is 18.7 Å². The fourth-order valence-corrected chi connectivity index (χ4v) is 2.00. The number of nitrogens with zero attached hydrogens (tertiary/aromatic N) is 1. The van der Waals surface area contributed by atoms with Crippen LogP contribution in [0.15, 0.2) is 36.5 Å². The van der Waals surface area contributed by atoms with Crippen LogP contribution in [0.1, 0.15) is 17.3 Å². The second kappa shape index (κ2) is 7.39. The van der Waals surface area contributed by atoms with Gasteiger partial charge in [0.2, 0.25) is 0 Å². The molecule has 120 valence electrons. The van der Waals surface area contributed by atoms with Gasteiger partial charge in [0.15, 0.2) is 6.10 Å². The quantitative estimate of drug-likeness (QED) is 0.847. The molecule has 1 N–H and O–H groups in total. The van der Waals surface area contributed by atoms with Crippen LogP contribution >= 0.6 is 23.2 Å². The fourth-order valence-electron chi connectivity index (χ4n) is 1.64. The lowest BCUT2D eigenvalue weighted by Crippen LogP contribution is -2.30. The SMILES string of the molecule is C[C@H](OC(=O)c1c(F)cccc1Cl)C(=O)Nc1ccc(Cl)cn1. The van der Waals surface area contributed by atoms with E-state index in [1.54, 1.807) is 6.07 Å². The molecule has 0 unspecified atom stereocenters. The standard InChI is InChI=1S/C15H11Cl2FN2O3/c1-8(14(21)20-12-6-5-9(16)7-19-12)23-15(22)13-10(17)3-2-4-11(13)18/h2-8H,1H3,(H,19,20,21)/t8-/m0/s1. The third-order valence-electron chi connectivity index (χ3n) is 2.80. The van der Waals surface area contributed by atoms with Gasteiger partial charge >= 0.3 is 5.97 Å². The van der Waals surface area contributed by atoms with E-state index in [-0.39, 0.29) is 10.8 Å². The number of halogens is 3. The summed E-state index contributed by atoms with van der Waals surface area (Å²) < 4.78 is 18.6. The van der Waals surface area contributed by atoms with E-state index in [9.17, 15) is 14.0 Å². The Balaban J connectivity index is 2.03. The van der Waals surface area contributed by atoms with Gasteiger partial charge in [0, 0.05) is 6.20 Å². The first kappa shape index (κ1) is 17.2. The molecule has 1 aromatic carbocycles. The highest BCUT2D eigenvalue weighted by molar-refractivity contribution is 6.33. The normalized spacial score (nSPS) is 11.7. The molecule has 0 spiro atoms. The molecular formula is C15H11Cl2FN2O3. The van der Waals surface area contributed by atoms with Crippen LogP contribution in [-0.4, -0.2) is 23.0 Å². The highest BCUT2D eigenvalue weighted by atomic mass is 35.5. The van der Waals surface area contributed by atoms with E-state index in [2.05, 4.69) is 10.3 Å². The topological polar surface area (TPSA) is 68.3 Å². The number of pyridine rings is 1. The number of anilines is 1. The maximum absolute atomic E-state index is 13.6. The van der Waals surface area contributed by atoms with E-state index >= 15 is 0 Å². The second-order valence-electron chi connectivity index (χ2n) is 4.50. The Morgan fingerprint density at radius 2 is 2.00 bits per heavy atom. The van der Waals surface area contributed by atoms with Gasteiger partial charge in [-0.1, -0.05) is 29.3 Å². The molecule has 0 radical (unpaired) electrons. The minimum Gasteiger partial charge on any atom is -0.449 e. The predicted octanol–water partition coefficient (Wildman–Crippen LogP) is 3.71. The van der Waals surface area contributed by atoms with Crippen molar-refractivity contribution in [2.24, 2.45) is 0 Å². The Kier molecular flexibility index (Phi) is 5.52. The summed E-state index contributed by atoms with van der Waals surface area (Å²) in [6.07, 6.45) is 0.183. The summed E-state index contributed by atoms with van der Waals surface area (Å²) in [5.41, 5.74) is -0.418. The van der Waals surface area contributed by atoms with Gasteiger partial charge in [0.1, 0.15) is 17.2 Å². The molecule has 0 fully saturated rings. The summed E-state index contributed by atoms with van der Waals surface area (Å²) in [5, 5.41) is 2.76. The predicted molar refractivity (Wildman–Crippen MR) is 84.2 cm³/mol. The first-order valence-corrected chi connectivity index (χ1v) is 7.21. The third kappa shape index (κ3) is 4.40. The average Bonchev–Trinajstić information content (AvgIpc) is 2.49. The van der Waals surface area contributed by atoms with Gasteiger partial charge in [-0.15, -0.1) is 0 Å². The van der Waals surface area contributed by atoms with Gasteiger partial charge in [-0.25, -0.2) is 14.2 Å². The number of hydrogen-bond acceptors (Lipinski definition) is 4. The Hall–Kier alpha value is -2.18. The van der Waals surface area contributed by atoms with Crippen molar-refractivity contribution in [1.82, 2.24) is 4.98 Å². The molecule has 0 bridgehead atoms. The van der Waals surface area contributed by atoms with E-state index in [4.69, 9.17) is 27.9 Å². The molecule has 0 aliphatic rings. The van der Waals surface area contributed by atoms with E-state index in [0.717, 1.165) is 6.07 Å². The fraction of sp³-hybridized carbons (Fsp3) is 0.133. The van der Waals surface area contributed by atoms with Crippen molar-refractivity contribution in [2.45, 2.75) is 13.0 Å². The summed E-state index contributed by atoms with van der Waals surface area (Å²) in [6.45, 7) is 1.35. The second-order valence-corrected chi connectivity index (χ2v) is 5.34. The molecule has 0 aliphatic heterocycles. The van der Waals surface area contributed by atoms with Crippen LogP contribution in [0, 0.1) is 5.82 Å². The molecule has 1 atom stereocenters. The van der Waals surface area contributed by atoms with Gasteiger partial charge in [0.05, 0.1) is 10.0 Å². The number of aromatic nitrogens is 1. The average molecular weight is 357 g/mol. The molecule has 0 saturated carbocycles. The van der Waals surface area contributed by atoms with E-state index in [1.165, 1.54) is 31.3 Å². The van der Waals surface area contributed by atoms with Crippen molar-refractivity contribution >= 4 is 40.9 Å². The highest BCUT2D eigenvalue weighted by Crippen LogP contribution is 2.20. The summed E-state index contributed by atoms with van der Waals surface area (Å²) >= 11 is 11.5. The minimum absolute atomic E-state index is 0.0954. The monoisotopic (exact) mass is 356 g/mol. The number of nitrogens with one attached hydrogen (secondary N) is 1. The van der Waals surface area contributed by atoms with Gasteiger partial charge in [-0.2, -0.15) is 0 Å². The van der Waals surface area contributed by atoms with Crippen molar-refractivity contribution in [3.63, 3.8) is 0 Å². The zero-order valence-corrected chi connectivity index (χ0v) is 13.4. The molecule has 1 aromatic heterocycles. The lowest BCUT2D eigenvalue weighted by molar-refractivity contribution is -0.123. The van der Waals surface area contributed by atoms with Gasteiger partial charge in [0.25, 0.3) is 5.91 Å². The summed E-state index contributed by atoms with van der Waals surface area (Å²) in [7, 11) is 0. The number of esters is 1. The smallest absolute Gasteiger partial charge is 0.343 e. The third-order valence-corrected chi connectivity index (χ3v) is 3.34. The zero-order valence-electron chi connectivity index (χ0n) is 11.8. The van der Waals surface area contributed by atoms with Crippen LogP contribution < -0.4 is 5.32 Å². The Morgan fingerprint density at radius 3 is 2.61 bits per heavy atom. The number of rotatable bonds is 4. The van der Waals surface area contributed by atoms with Crippen molar-refractivity contribution in [1.29, 1.82) is 0 Å². The first-order chi connectivity index (χ1) is 10.9. The van der Waals surface area contributed by atoms with Crippen LogP contribution in [0.3, 0.4) is 0 Å². The van der Waals surface area contributed by atoms with Gasteiger partial charge < -0.3 is 10.1 Å².